The molecule has 0 fully saturated rings. The molecule has 0 aliphatic rings. The number of hydrogen-bond acceptors (Lipinski definition) is 3. The summed E-state index contributed by atoms with van der Waals surface area (Å²) in [6.45, 7) is 1.94. The van der Waals surface area contributed by atoms with Crippen molar-refractivity contribution in [1.82, 2.24) is 0 Å². The number of nitrogens with one attached hydrogen (secondary N) is 1. The summed E-state index contributed by atoms with van der Waals surface area (Å²) in [7, 11) is 0. The van der Waals surface area contributed by atoms with E-state index < -0.39 is 16.7 Å². The maximum absolute atomic E-state index is 13.2. The summed E-state index contributed by atoms with van der Waals surface area (Å²) in [4.78, 5) is 23.5. The molecule has 0 amide bonds. The van der Waals surface area contributed by atoms with Gasteiger partial charge in [0.25, 0.3) is 5.43 Å². The van der Waals surface area contributed by atoms with Gasteiger partial charge in [-0.1, -0.05) is 35.9 Å². The first-order chi connectivity index (χ1) is 10.1. The van der Waals surface area contributed by atoms with Crippen LogP contribution in [0.15, 0.2) is 58.1 Å². The molecule has 0 atom stereocenters. The molecule has 3 aromatic carbocycles. The van der Waals surface area contributed by atoms with Crippen molar-refractivity contribution in [3.8, 4) is 11.1 Å². The molecule has 0 aliphatic carbocycles. The Hall–Kier alpha value is -2.75. The van der Waals surface area contributed by atoms with Gasteiger partial charge in [0.05, 0.1) is 5.56 Å². The fraction of sp³-hybridized carbons (Fsp3) is 0.0588. The van der Waals surface area contributed by atoms with Crippen molar-refractivity contribution >= 4 is 11.4 Å². The predicted octanol–water partition coefficient (Wildman–Crippen LogP) is 3.14. The van der Waals surface area contributed by atoms with Gasteiger partial charge in [-0.15, -0.1) is 0 Å². The highest BCUT2D eigenvalue weighted by molar-refractivity contribution is 5.84. The zero-order valence-electron chi connectivity index (χ0n) is 11.3. The van der Waals surface area contributed by atoms with Crippen LogP contribution in [-0.4, -0.2) is 0 Å². The predicted molar refractivity (Wildman–Crippen MR) is 81.2 cm³/mol. The third kappa shape index (κ3) is 2.36. The topological polar surface area (TPSA) is 46.2 Å². The molecule has 1 N–H and O–H groups in total. The molecule has 3 nitrogen and oxygen atoms in total. The minimum absolute atomic E-state index is 0.217. The van der Waals surface area contributed by atoms with E-state index in [1.165, 1.54) is 18.2 Å². The molecular weight excluding hydrogens is 269 g/mol. The van der Waals surface area contributed by atoms with Crippen LogP contribution in [0.5, 0.6) is 0 Å². The number of benzene rings is 2. The van der Waals surface area contributed by atoms with Crippen LogP contribution < -0.4 is 16.2 Å². The monoisotopic (exact) mass is 281 g/mol. The van der Waals surface area contributed by atoms with Gasteiger partial charge in [0.2, 0.25) is 5.43 Å². The average molecular weight is 281 g/mol. The third-order valence-electron chi connectivity index (χ3n) is 3.34. The Kier molecular flexibility index (Phi) is 3.14. The fourth-order valence-corrected chi connectivity index (χ4v) is 2.22. The standard InChI is InChI=1S/C17H12FNO2/c1-10-5-7-11(8-6-10)14-15(17(21)16(14)20)19-13-4-2-3-12(18)9-13/h2-9,19H,1H3. The Morgan fingerprint density at radius 1 is 0.952 bits per heavy atom. The summed E-state index contributed by atoms with van der Waals surface area (Å²) in [5, 5.41) is 2.83. The van der Waals surface area contributed by atoms with Crippen molar-refractivity contribution in [1.29, 1.82) is 0 Å². The Bertz CT molecular complexity index is 875. The first-order valence-electron chi connectivity index (χ1n) is 6.49. The van der Waals surface area contributed by atoms with E-state index in [-0.39, 0.29) is 5.69 Å². The molecule has 0 spiro atoms. The highest BCUT2D eigenvalue weighted by Crippen LogP contribution is 2.26. The zero-order chi connectivity index (χ0) is 15.0. The maximum atomic E-state index is 13.2. The van der Waals surface area contributed by atoms with Crippen LogP contribution in [0.1, 0.15) is 5.56 Å². The van der Waals surface area contributed by atoms with Gasteiger partial charge in [-0.05, 0) is 30.7 Å². The molecule has 0 saturated carbocycles. The molecule has 104 valence electrons. The van der Waals surface area contributed by atoms with E-state index in [4.69, 9.17) is 0 Å². The molecule has 0 heterocycles. The van der Waals surface area contributed by atoms with E-state index in [0.29, 0.717) is 16.8 Å². The molecule has 0 unspecified atom stereocenters. The van der Waals surface area contributed by atoms with Gasteiger partial charge < -0.3 is 5.32 Å². The highest BCUT2D eigenvalue weighted by Gasteiger charge is 2.22. The van der Waals surface area contributed by atoms with E-state index >= 15 is 0 Å². The zero-order valence-corrected chi connectivity index (χ0v) is 11.3. The molecule has 0 bridgehead atoms. The van der Waals surface area contributed by atoms with Crippen LogP contribution in [0.4, 0.5) is 15.8 Å². The summed E-state index contributed by atoms with van der Waals surface area (Å²) < 4.78 is 13.2. The molecule has 0 aliphatic heterocycles. The average Bonchev–Trinajstić information content (AvgIpc) is 2.48. The lowest BCUT2D eigenvalue weighted by atomic mass is 9.97. The van der Waals surface area contributed by atoms with Crippen molar-refractivity contribution in [2.24, 2.45) is 0 Å². The van der Waals surface area contributed by atoms with E-state index in [1.54, 1.807) is 18.2 Å². The van der Waals surface area contributed by atoms with Crippen molar-refractivity contribution in [2.75, 3.05) is 5.32 Å². The van der Waals surface area contributed by atoms with Crippen molar-refractivity contribution in [3.05, 3.63) is 80.4 Å². The van der Waals surface area contributed by atoms with Crippen LogP contribution in [0.3, 0.4) is 0 Å². The number of rotatable bonds is 3. The molecule has 0 aromatic heterocycles. The summed E-state index contributed by atoms with van der Waals surface area (Å²) >= 11 is 0. The van der Waals surface area contributed by atoms with E-state index in [9.17, 15) is 14.0 Å². The van der Waals surface area contributed by atoms with Gasteiger partial charge in [-0.2, -0.15) is 0 Å². The van der Waals surface area contributed by atoms with Gasteiger partial charge in [0.1, 0.15) is 11.5 Å². The van der Waals surface area contributed by atoms with Crippen LogP contribution in [0, 0.1) is 12.7 Å². The van der Waals surface area contributed by atoms with Crippen LogP contribution in [0.2, 0.25) is 0 Å². The molecule has 0 radical (unpaired) electrons. The summed E-state index contributed by atoms with van der Waals surface area (Å²) in [6, 6.07) is 13.1. The Morgan fingerprint density at radius 3 is 2.33 bits per heavy atom. The van der Waals surface area contributed by atoms with Crippen molar-refractivity contribution in [3.63, 3.8) is 0 Å². The minimum atomic E-state index is -0.574. The number of aryl methyl sites for hydroxylation is 1. The second kappa shape index (κ2) is 4.98. The normalized spacial score (nSPS) is 10.8. The SMILES string of the molecule is Cc1ccc(-c2c(Nc3cccc(F)c3)c(=O)c2=O)cc1. The van der Waals surface area contributed by atoms with Crippen LogP contribution in [-0.2, 0) is 0 Å². The van der Waals surface area contributed by atoms with Gasteiger partial charge >= 0.3 is 0 Å². The van der Waals surface area contributed by atoms with Crippen LogP contribution >= 0.6 is 0 Å². The number of halogens is 1. The molecule has 3 aromatic rings. The lowest BCUT2D eigenvalue weighted by Gasteiger charge is -2.13. The maximum Gasteiger partial charge on any atom is 0.250 e. The Morgan fingerprint density at radius 2 is 1.67 bits per heavy atom. The minimum Gasteiger partial charge on any atom is -0.352 e. The van der Waals surface area contributed by atoms with Gasteiger partial charge in [-0.25, -0.2) is 4.39 Å². The second-order valence-corrected chi connectivity index (χ2v) is 4.91. The molecule has 21 heavy (non-hydrogen) atoms. The first kappa shape index (κ1) is 13.2. The lowest BCUT2D eigenvalue weighted by molar-refractivity contribution is 0.628. The van der Waals surface area contributed by atoms with Gasteiger partial charge in [0, 0.05) is 5.69 Å². The third-order valence-corrected chi connectivity index (χ3v) is 3.34. The Labute approximate surface area is 120 Å². The summed E-state index contributed by atoms with van der Waals surface area (Å²) in [5.41, 5.74) is 1.67. The summed E-state index contributed by atoms with van der Waals surface area (Å²) in [5.74, 6) is -0.407. The van der Waals surface area contributed by atoms with E-state index in [1.807, 2.05) is 19.1 Å². The molecular formula is C17H12FNO2. The smallest absolute Gasteiger partial charge is 0.250 e. The fourth-order valence-electron chi connectivity index (χ4n) is 2.22. The lowest BCUT2D eigenvalue weighted by Crippen LogP contribution is -2.35. The molecule has 3 rings (SSSR count). The number of anilines is 2. The first-order valence-corrected chi connectivity index (χ1v) is 6.49. The second-order valence-electron chi connectivity index (χ2n) is 4.91. The number of hydrogen-bond donors (Lipinski definition) is 1. The molecule has 0 saturated heterocycles. The van der Waals surface area contributed by atoms with Crippen LogP contribution in [0.25, 0.3) is 11.1 Å². The molecule has 4 heteroatoms. The quantitative estimate of drug-likeness (QED) is 0.750. The largest absolute Gasteiger partial charge is 0.352 e. The van der Waals surface area contributed by atoms with Crippen molar-refractivity contribution in [2.45, 2.75) is 6.92 Å². The van der Waals surface area contributed by atoms with Gasteiger partial charge in [0.15, 0.2) is 0 Å². The van der Waals surface area contributed by atoms with E-state index in [2.05, 4.69) is 5.32 Å². The van der Waals surface area contributed by atoms with Crippen molar-refractivity contribution < 1.29 is 4.39 Å². The summed E-state index contributed by atoms with van der Waals surface area (Å²) in [6.07, 6.45) is 0. The Balaban J connectivity index is 2.01. The highest BCUT2D eigenvalue weighted by atomic mass is 19.1. The van der Waals surface area contributed by atoms with E-state index in [0.717, 1.165) is 5.56 Å². The van der Waals surface area contributed by atoms with Gasteiger partial charge in [-0.3, -0.25) is 9.59 Å².